The Bertz CT molecular complexity index is 828. The molecule has 0 aliphatic carbocycles. The number of hydrogen-bond donors (Lipinski definition) is 2. The zero-order valence-electron chi connectivity index (χ0n) is 10.5. The van der Waals surface area contributed by atoms with Gasteiger partial charge in [0.05, 0.1) is 23.0 Å². The van der Waals surface area contributed by atoms with Gasteiger partial charge in [-0.15, -0.1) is 0 Å². The van der Waals surface area contributed by atoms with Crippen molar-refractivity contribution >= 4 is 39.5 Å². The van der Waals surface area contributed by atoms with Gasteiger partial charge >= 0.3 is 5.97 Å². The summed E-state index contributed by atoms with van der Waals surface area (Å²) in [6, 6.07) is 3.34. The molecule has 3 aromatic rings. The van der Waals surface area contributed by atoms with E-state index in [9.17, 15) is 9.90 Å². The van der Waals surface area contributed by atoms with Gasteiger partial charge in [-0.25, -0.2) is 9.78 Å². The zero-order chi connectivity index (χ0) is 14.3. The minimum absolute atomic E-state index is 0.0158. The molecule has 3 aromatic heterocycles. The lowest BCUT2D eigenvalue weighted by molar-refractivity contribution is 0.0517. The minimum atomic E-state index is -0.628. The number of esters is 1. The summed E-state index contributed by atoms with van der Waals surface area (Å²) in [5.41, 5.74) is 1.58. The average Bonchev–Trinajstić information content (AvgIpc) is 2.77. The Kier molecular flexibility index (Phi) is 2.94. The van der Waals surface area contributed by atoms with Crippen molar-refractivity contribution in [3.63, 3.8) is 0 Å². The van der Waals surface area contributed by atoms with Gasteiger partial charge in [0.15, 0.2) is 11.4 Å². The zero-order valence-corrected chi connectivity index (χ0v) is 11.2. The number of carbonyl (C=O) groups excluding carboxylic acids is 1. The van der Waals surface area contributed by atoms with Gasteiger partial charge in [-0.05, 0) is 19.1 Å². The largest absolute Gasteiger partial charge is 0.505 e. The van der Waals surface area contributed by atoms with Crippen LogP contribution in [0.2, 0.25) is 5.15 Å². The molecule has 0 radical (unpaired) electrons. The first-order valence-corrected chi connectivity index (χ1v) is 6.32. The van der Waals surface area contributed by atoms with Crippen molar-refractivity contribution in [2.24, 2.45) is 0 Å². The molecule has 3 heterocycles. The molecule has 0 spiro atoms. The van der Waals surface area contributed by atoms with Crippen molar-refractivity contribution in [2.45, 2.75) is 6.92 Å². The topological polar surface area (TPSA) is 88.1 Å². The normalized spacial score (nSPS) is 11.1. The van der Waals surface area contributed by atoms with Crippen molar-refractivity contribution < 1.29 is 14.6 Å². The predicted molar refractivity (Wildman–Crippen MR) is 74.0 cm³/mol. The number of aromatic nitrogens is 3. The van der Waals surface area contributed by atoms with E-state index in [0.717, 1.165) is 0 Å². The number of ether oxygens (including phenoxy) is 1. The van der Waals surface area contributed by atoms with Crippen molar-refractivity contribution in [3.8, 4) is 5.75 Å². The van der Waals surface area contributed by atoms with E-state index in [1.54, 1.807) is 19.1 Å². The van der Waals surface area contributed by atoms with Gasteiger partial charge in [0.25, 0.3) is 0 Å². The first-order chi connectivity index (χ1) is 9.61. The van der Waals surface area contributed by atoms with E-state index >= 15 is 0 Å². The van der Waals surface area contributed by atoms with Crippen LogP contribution in [-0.4, -0.2) is 32.6 Å². The molecule has 0 amide bonds. The number of nitrogens with one attached hydrogen (secondary N) is 1. The van der Waals surface area contributed by atoms with E-state index in [2.05, 4.69) is 15.0 Å². The first-order valence-electron chi connectivity index (χ1n) is 5.94. The third-order valence-corrected chi connectivity index (χ3v) is 3.11. The van der Waals surface area contributed by atoms with Gasteiger partial charge in [-0.3, -0.25) is 4.98 Å². The second kappa shape index (κ2) is 4.64. The van der Waals surface area contributed by atoms with E-state index in [1.165, 1.54) is 6.20 Å². The Morgan fingerprint density at radius 2 is 2.30 bits per heavy atom. The summed E-state index contributed by atoms with van der Waals surface area (Å²) in [5.74, 6) is -0.828. The maximum atomic E-state index is 11.8. The highest BCUT2D eigenvalue weighted by Gasteiger charge is 2.20. The molecule has 6 nitrogen and oxygen atoms in total. The lowest BCUT2D eigenvalue weighted by Crippen LogP contribution is -2.04. The Labute approximate surface area is 118 Å². The molecule has 0 fully saturated rings. The first kappa shape index (κ1) is 12.7. The Morgan fingerprint density at radius 3 is 3.05 bits per heavy atom. The number of carbonyl (C=O) groups is 1. The summed E-state index contributed by atoms with van der Waals surface area (Å²) in [4.78, 5) is 22.9. The molecule has 0 atom stereocenters. The number of hydrogen-bond acceptors (Lipinski definition) is 5. The summed E-state index contributed by atoms with van der Waals surface area (Å²) in [6.07, 6.45) is 1.47. The minimum Gasteiger partial charge on any atom is -0.505 e. The Hall–Kier alpha value is -2.34. The molecule has 0 saturated carbocycles. The number of fused-ring (bicyclic) bond motifs is 3. The fraction of sp³-hybridized carbons (Fsp3) is 0.154. The molecule has 3 rings (SSSR count). The maximum absolute atomic E-state index is 11.8. The van der Waals surface area contributed by atoms with Gasteiger partial charge in [-0.2, -0.15) is 0 Å². The van der Waals surface area contributed by atoms with Gasteiger partial charge in [0.2, 0.25) is 0 Å². The van der Waals surface area contributed by atoms with Crippen LogP contribution in [-0.2, 0) is 4.74 Å². The van der Waals surface area contributed by atoms with Crippen molar-refractivity contribution in [1.29, 1.82) is 0 Å². The molecule has 0 aliphatic heterocycles. The number of rotatable bonds is 2. The molecular formula is C13H10ClN3O3. The second-order valence-electron chi connectivity index (χ2n) is 4.12. The standard InChI is InChI=1S/C13H10ClN3O3/c1-2-20-13(19)11-12(18)6-5-15-7-3-4-8(14)16-10(7)9(6)17-11/h3-5,17-18H,2H2,1H3. The molecule has 0 aromatic carbocycles. The van der Waals surface area contributed by atoms with Crippen LogP contribution in [0, 0.1) is 0 Å². The van der Waals surface area contributed by atoms with Crippen LogP contribution in [0.15, 0.2) is 18.3 Å². The smallest absolute Gasteiger partial charge is 0.358 e. The van der Waals surface area contributed by atoms with E-state index in [0.29, 0.717) is 27.1 Å². The summed E-state index contributed by atoms with van der Waals surface area (Å²) in [6.45, 7) is 1.91. The highest BCUT2D eigenvalue weighted by Crippen LogP contribution is 2.32. The number of nitrogens with zero attached hydrogens (tertiary/aromatic N) is 2. The van der Waals surface area contributed by atoms with Gasteiger partial charge in [-0.1, -0.05) is 11.6 Å². The molecule has 20 heavy (non-hydrogen) atoms. The van der Waals surface area contributed by atoms with Crippen LogP contribution >= 0.6 is 11.6 Å². The number of H-pyrrole nitrogens is 1. The van der Waals surface area contributed by atoms with Crippen LogP contribution < -0.4 is 0 Å². The average molecular weight is 292 g/mol. The van der Waals surface area contributed by atoms with Crippen LogP contribution in [0.1, 0.15) is 17.4 Å². The van der Waals surface area contributed by atoms with E-state index in [1.807, 2.05) is 0 Å². The highest BCUT2D eigenvalue weighted by atomic mass is 35.5. The fourth-order valence-electron chi connectivity index (χ4n) is 2.02. The van der Waals surface area contributed by atoms with Crippen molar-refractivity contribution in [2.75, 3.05) is 6.61 Å². The highest BCUT2D eigenvalue weighted by molar-refractivity contribution is 6.30. The number of pyridine rings is 2. The molecule has 0 saturated heterocycles. The SMILES string of the molecule is CCOC(=O)c1[nH]c2c(cnc3ccc(Cl)nc32)c1O. The fourth-order valence-corrected chi connectivity index (χ4v) is 2.17. The van der Waals surface area contributed by atoms with Gasteiger partial charge in [0.1, 0.15) is 10.7 Å². The van der Waals surface area contributed by atoms with Crippen LogP contribution in [0.25, 0.3) is 21.9 Å². The lowest BCUT2D eigenvalue weighted by atomic mass is 10.2. The van der Waals surface area contributed by atoms with Crippen molar-refractivity contribution in [1.82, 2.24) is 15.0 Å². The molecule has 0 aliphatic rings. The second-order valence-corrected chi connectivity index (χ2v) is 4.50. The van der Waals surface area contributed by atoms with E-state index in [4.69, 9.17) is 16.3 Å². The van der Waals surface area contributed by atoms with E-state index < -0.39 is 5.97 Å². The summed E-state index contributed by atoms with van der Waals surface area (Å²) < 4.78 is 4.88. The van der Waals surface area contributed by atoms with Crippen molar-refractivity contribution in [3.05, 3.63) is 29.2 Å². The van der Waals surface area contributed by atoms with E-state index in [-0.39, 0.29) is 18.1 Å². The van der Waals surface area contributed by atoms with Gasteiger partial charge in [0, 0.05) is 6.20 Å². The molecule has 2 N–H and O–H groups in total. The Morgan fingerprint density at radius 1 is 1.50 bits per heavy atom. The molecule has 102 valence electrons. The molecule has 0 bridgehead atoms. The summed E-state index contributed by atoms with van der Waals surface area (Å²) >= 11 is 5.87. The molecule has 0 unspecified atom stereocenters. The van der Waals surface area contributed by atoms with Crippen LogP contribution in [0.3, 0.4) is 0 Å². The number of aromatic hydroxyl groups is 1. The molecular weight excluding hydrogens is 282 g/mol. The number of aromatic amines is 1. The monoisotopic (exact) mass is 291 g/mol. The molecule has 7 heteroatoms. The third kappa shape index (κ3) is 1.85. The predicted octanol–water partition coefficient (Wildman–Crippen LogP) is 2.65. The summed E-state index contributed by atoms with van der Waals surface area (Å²) in [7, 11) is 0. The van der Waals surface area contributed by atoms with Crippen LogP contribution in [0.4, 0.5) is 0 Å². The number of halogens is 1. The third-order valence-electron chi connectivity index (χ3n) is 2.90. The quantitative estimate of drug-likeness (QED) is 0.560. The Balaban J connectivity index is 2.32. The van der Waals surface area contributed by atoms with Crippen LogP contribution in [0.5, 0.6) is 5.75 Å². The van der Waals surface area contributed by atoms with Gasteiger partial charge < -0.3 is 14.8 Å². The maximum Gasteiger partial charge on any atom is 0.358 e. The summed E-state index contributed by atoms with van der Waals surface area (Å²) in [5, 5.41) is 10.8. The lowest BCUT2D eigenvalue weighted by Gasteiger charge is -1.98.